The lowest BCUT2D eigenvalue weighted by Gasteiger charge is -2.40. The van der Waals surface area contributed by atoms with Gasteiger partial charge in [-0.1, -0.05) is 58.7 Å². The summed E-state index contributed by atoms with van der Waals surface area (Å²) in [5.41, 5.74) is 5.20. The second-order valence-electron chi connectivity index (χ2n) is 12.1. The van der Waals surface area contributed by atoms with Crippen LogP contribution in [0.4, 0.5) is 17.1 Å². The Labute approximate surface area is 267 Å². The second kappa shape index (κ2) is 12.4. The van der Waals surface area contributed by atoms with E-state index >= 15 is 0 Å². The SMILES string of the molecule is CC(C)(C)N1CCC(n2cc(C(Nc3cc(Cl)c4ncc(C#N)c(Nc5ccccc5)c4c3)c3ccc(Cl)cc3)nn2)CC1. The maximum atomic E-state index is 9.91. The number of halogens is 2. The monoisotopic (exact) mass is 624 g/mol. The van der Waals surface area contributed by atoms with Crippen molar-refractivity contribution in [1.82, 2.24) is 24.9 Å². The van der Waals surface area contributed by atoms with Crippen molar-refractivity contribution in [3.8, 4) is 6.07 Å². The zero-order chi connectivity index (χ0) is 30.8. The summed E-state index contributed by atoms with van der Waals surface area (Å²) in [5.74, 6) is 0. The van der Waals surface area contributed by atoms with E-state index in [1.165, 1.54) is 0 Å². The number of aromatic nitrogens is 4. The van der Waals surface area contributed by atoms with Gasteiger partial charge in [-0.25, -0.2) is 4.68 Å². The fraction of sp³-hybridized carbons (Fsp3) is 0.294. The minimum atomic E-state index is -0.332. The maximum absolute atomic E-state index is 9.91. The van der Waals surface area contributed by atoms with Crippen molar-refractivity contribution >= 4 is 51.2 Å². The maximum Gasteiger partial charge on any atom is 0.109 e. The Balaban J connectivity index is 1.35. The van der Waals surface area contributed by atoms with Crippen molar-refractivity contribution in [1.29, 1.82) is 5.26 Å². The highest BCUT2D eigenvalue weighted by atomic mass is 35.5. The van der Waals surface area contributed by atoms with E-state index in [9.17, 15) is 5.26 Å². The van der Waals surface area contributed by atoms with Gasteiger partial charge in [0.2, 0.25) is 0 Å². The third-order valence-corrected chi connectivity index (χ3v) is 8.75. The number of benzene rings is 3. The van der Waals surface area contributed by atoms with Crippen LogP contribution in [0.15, 0.2) is 79.1 Å². The Morgan fingerprint density at radius 3 is 2.39 bits per heavy atom. The first-order valence-corrected chi connectivity index (χ1v) is 15.5. The molecule has 1 aliphatic heterocycles. The molecule has 5 aromatic rings. The average Bonchev–Trinajstić information content (AvgIpc) is 3.51. The third kappa shape index (κ3) is 6.36. The summed E-state index contributed by atoms with van der Waals surface area (Å²) in [6.45, 7) is 8.84. The predicted molar refractivity (Wildman–Crippen MR) is 178 cm³/mol. The molecular formula is C34H34Cl2N8. The van der Waals surface area contributed by atoms with Gasteiger partial charge in [-0.15, -0.1) is 5.10 Å². The molecule has 1 unspecified atom stereocenters. The van der Waals surface area contributed by atoms with Crippen LogP contribution < -0.4 is 10.6 Å². The summed E-state index contributed by atoms with van der Waals surface area (Å²) in [5, 5.41) is 28.0. The van der Waals surface area contributed by atoms with Crippen LogP contribution in [-0.2, 0) is 0 Å². The largest absolute Gasteiger partial charge is 0.373 e. The number of para-hydroxylation sites is 1. The molecule has 8 nitrogen and oxygen atoms in total. The van der Waals surface area contributed by atoms with Crippen LogP contribution in [0.1, 0.15) is 62.5 Å². The second-order valence-corrected chi connectivity index (χ2v) is 13.0. The first kappa shape index (κ1) is 29.9. The van der Waals surface area contributed by atoms with Gasteiger partial charge in [-0.3, -0.25) is 9.88 Å². The summed E-state index contributed by atoms with van der Waals surface area (Å²) in [6.07, 6.45) is 5.63. The number of hydrogen-bond acceptors (Lipinski definition) is 7. The van der Waals surface area contributed by atoms with Crippen LogP contribution in [0.2, 0.25) is 10.0 Å². The molecule has 1 aliphatic rings. The average molecular weight is 626 g/mol. The molecule has 0 amide bonds. The van der Waals surface area contributed by atoms with Crippen molar-refractivity contribution in [2.24, 2.45) is 0 Å². The van der Waals surface area contributed by atoms with E-state index in [1.54, 1.807) is 6.20 Å². The highest BCUT2D eigenvalue weighted by molar-refractivity contribution is 6.36. The lowest BCUT2D eigenvalue weighted by molar-refractivity contribution is 0.0866. The van der Waals surface area contributed by atoms with Crippen molar-refractivity contribution < 1.29 is 0 Å². The number of likely N-dealkylation sites (tertiary alicyclic amines) is 1. The molecule has 10 heteroatoms. The molecule has 0 saturated carbocycles. The van der Waals surface area contributed by atoms with E-state index in [0.717, 1.165) is 53.9 Å². The summed E-state index contributed by atoms with van der Waals surface area (Å²) >= 11 is 13.1. The fourth-order valence-electron chi connectivity index (χ4n) is 5.78. The number of fused-ring (bicyclic) bond motifs is 1. The molecule has 2 N–H and O–H groups in total. The third-order valence-electron chi connectivity index (χ3n) is 8.21. The Morgan fingerprint density at radius 2 is 1.70 bits per heavy atom. The van der Waals surface area contributed by atoms with Crippen molar-refractivity contribution in [3.63, 3.8) is 0 Å². The van der Waals surface area contributed by atoms with Crippen LogP contribution in [0, 0.1) is 11.3 Å². The lowest BCUT2D eigenvalue weighted by Crippen LogP contribution is -2.46. The predicted octanol–water partition coefficient (Wildman–Crippen LogP) is 8.39. The van der Waals surface area contributed by atoms with E-state index < -0.39 is 0 Å². The number of piperidine rings is 1. The van der Waals surface area contributed by atoms with Crippen LogP contribution in [0.25, 0.3) is 10.9 Å². The number of hydrogen-bond donors (Lipinski definition) is 2. The molecule has 3 heterocycles. The Kier molecular flexibility index (Phi) is 8.46. The van der Waals surface area contributed by atoms with E-state index in [0.29, 0.717) is 26.8 Å². The van der Waals surface area contributed by atoms with Crippen molar-refractivity contribution in [2.75, 3.05) is 23.7 Å². The number of rotatable bonds is 7. The molecule has 224 valence electrons. The van der Waals surface area contributed by atoms with Crippen LogP contribution >= 0.6 is 23.2 Å². The standard InChI is InChI=1S/C34H34Cl2N8/c1-34(2,3)43-15-13-27(14-16-43)44-21-30(41-42-44)32(22-9-11-24(35)12-10-22)40-26-17-28-31(39-25-7-5-4-6-8-25)23(19-37)20-38-33(28)29(36)18-26/h4-12,17-18,20-21,27,32,40H,13-16H2,1-3H3,(H,38,39). The van der Waals surface area contributed by atoms with E-state index in [-0.39, 0.29) is 17.6 Å². The molecule has 0 radical (unpaired) electrons. The highest BCUT2D eigenvalue weighted by Crippen LogP contribution is 2.37. The molecule has 3 aromatic carbocycles. The zero-order valence-corrected chi connectivity index (χ0v) is 26.4. The quantitative estimate of drug-likeness (QED) is 0.188. The molecule has 1 saturated heterocycles. The molecule has 0 bridgehead atoms. The van der Waals surface area contributed by atoms with Gasteiger partial charge in [0.1, 0.15) is 11.8 Å². The minimum absolute atomic E-state index is 0.156. The molecule has 1 fully saturated rings. The molecule has 2 aromatic heterocycles. The van der Waals surface area contributed by atoms with Gasteiger partial charge in [-0.2, -0.15) is 5.26 Å². The normalized spacial score (nSPS) is 15.2. The number of nitrogens with one attached hydrogen (secondary N) is 2. The zero-order valence-electron chi connectivity index (χ0n) is 24.9. The van der Waals surface area contributed by atoms with Gasteiger partial charge in [0, 0.05) is 46.6 Å². The van der Waals surface area contributed by atoms with Crippen molar-refractivity contribution in [2.45, 2.75) is 51.2 Å². The number of pyridine rings is 1. The van der Waals surface area contributed by atoms with Gasteiger partial charge < -0.3 is 10.6 Å². The lowest BCUT2D eigenvalue weighted by atomic mass is 9.98. The highest BCUT2D eigenvalue weighted by Gasteiger charge is 2.29. The molecule has 6 rings (SSSR count). The van der Waals surface area contributed by atoms with Gasteiger partial charge in [0.15, 0.2) is 0 Å². The summed E-state index contributed by atoms with van der Waals surface area (Å²) < 4.78 is 2.01. The smallest absolute Gasteiger partial charge is 0.109 e. The van der Waals surface area contributed by atoms with E-state index in [2.05, 4.69) is 57.7 Å². The van der Waals surface area contributed by atoms with Crippen LogP contribution in [0.3, 0.4) is 0 Å². The molecular weight excluding hydrogens is 591 g/mol. The number of nitriles is 1. The molecule has 0 spiro atoms. The Hall–Kier alpha value is -4.16. The summed E-state index contributed by atoms with van der Waals surface area (Å²) in [6, 6.07) is 23.5. The first-order chi connectivity index (χ1) is 21.2. The van der Waals surface area contributed by atoms with Crippen LogP contribution in [-0.4, -0.2) is 43.5 Å². The fourth-order valence-corrected chi connectivity index (χ4v) is 6.17. The van der Waals surface area contributed by atoms with Gasteiger partial charge in [0.05, 0.1) is 40.1 Å². The van der Waals surface area contributed by atoms with Gasteiger partial charge in [-0.05, 0) is 75.6 Å². The van der Waals surface area contributed by atoms with E-state index in [4.69, 9.17) is 23.2 Å². The molecule has 0 aliphatic carbocycles. The number of nitrogens with zero attached hydrogens (tertiary/aromatic N) is 6. The topological polar surface area (TPSA) is 94.7 Å². The van der Waals surface area contributed by atoms with E-state index in [1.807, 2.05) is 77.6 Å². The van der Waals surface area contributed by atoms with Crippen molar-refractivity contribution in [3.05, 3.63) is 106 Å². The summed E-state index contributed by atoms with van der Waals surface area (Å²) in [7, 11) is 0. The van der Waals surface area contributed by atoms with Gasteiger partial charge >= 0.3 is 0 Å². The van der Waals surface area contributed by atoms with Crippen LogP contribution in [0.5, 0.6) is 0 Å². The Morgan fingerprint density at radius 1 is 0.977 bits per heavy atom. The molecule has 44 heavy (non-hydrogen) atoms. The number of anilines is 3. The summed E-state index contributed by atoms with van der Waals surface area (Å²) in [4.78, 5) is 7.03. The van der Waals surface area contributed by atoms with Gasteiger partial charge in [0.25, 0.3) is 0 Å². The first-order valence-electron chi connectivity index (χ1n) is 14.7. The minimum Gasteiger partial charge on any atom is -0.373 e. The molecule has 1 atom stereocenters. The Bertz CT molecular complexity index is 1800.